The molecular weight excluding hydrogens is 328 g/mol. The van der Waals surface area contributed by atoms with E-state index < -0.39 is 0 Å². The molecule has 0 aromatic heterocycles. The Morgan fingerprint density at radius 1 is 1.19 bits per heavy atom. The molecule has 3 atom stereocenters. The fraction of sp³-hybridized carbons (Fsp3) is 0.429. The van der Waals surface area contributed by atoms with Crippen molar-refractivity contribution in [2.75, 3.05) is 20.3 Å². The van der Waals surface area contributed by atoms with E-state index in [-0.39, 0.29) is 18.0 Å². The predicted molar refractivity (Wildman–Crippen MR) is 102 cm³/mol. The van der Waals surface area contributed by atoms with E-state index in [0.29, 0.717) is 6.61 Å². The molecule has 26 heavy (non-hydrogen) atoms. The molecule has 2 aromatic rings. The summed E-state index contributed by atoms with van der Waals surface area (Å²) in [4.78, 5) is 4.40. The van der Waals surface area contributed by atoms with Gasteiger partial charge in [-0.15, -0.1) is 0 Å². The molecule has 1 saturated heterocycles. The minimum absolute atomic E-state index is 0.224. The van der Waals surface area contributed by atoms with Crippen LogP contribution in [0.25, 0.3) is 0 Å². The highest BCUT2D eigenvalue weighted by Crippen LogP contribution is 2.28. The first-order valence-electron chi connectivity index (χ1n) is 9.13. The highest BCUT2D eigenvalue weighted by molar-refractivity contribution is 5.37. The van der Waals surface area contributed by atoms with Crippen molar-refractivity contribution in [1.82, 2.24) is 10.6 Å². The predicted octanol–water partition coefficient (Wildman–Crippen LogP) is 3.30. The number of hydrogen-bond donors (Lipinski definition) is 3. The van der Waals surface area contributed by atoms with Crippen LogP contribution >= 0.6 is 0 Å². The Hall–Kier alpha value is -1.92. The summed E-state index contributed by atoms with van der Waals surface area (Å²) in [6.07, 6.45) is 0.932. The Labute approximate surface area is 155 Å². The fourth-order valence-corrected chi connectivity index (χ4v) is 3.75. The van der Waals surface area contributed by atoms with Gasteiger partial charge >= 0.3 is 0 Å². The third-order valence-electron chi connectivity index (χ3n) is 5.08. The highest BCUT2D eigenvalue weighted by atomic mass is 17.1. The average Bonchev–Trinajstić information content (AvgIpc) is 2.67. The molecule has 140 valence electrons. The van der Waals surface area contributed by atoms with E-state index in [4.69, 9.17) is 9.99 Å². The van der Waals surface area contributed by atoms with Gasteiger partial charge in [0, 0.05) is 30.7 Å². The number of ether oxygens (including phenoxy) is 1. The number of methoxy groups -OCH3 is 1. The Kier molecular flexibility index (Phi) is 6.63. The molecule has 0 saturated carbocycles. The van der Waals surface area contributed by atoms with Gasteiger partial charge in [0.15, 0.2) is 0 Å². The van der Waals surface area contributed by atoms with E-state index >= 15 is 0 Å². The average molecular weight is 356 g/mol. The number of piperidine rings is 1. The number of aryl methyl sites for hydroxylation is 1. The van der Waals surface area contributed by atoms with Crippen molar-refractivity contribution in [2.45, 2.75) is 32.0 Å². The van der Waals surface area contributed by atoms with Gasteiger partial charge < -0.3 is 15.4 Å². The topological polar surface area (TPSA) is 62.8 Å². The maximum absolute atomic E-state index is 8.83. The lowest BCUT2D eigenvalue weighted by Gasteiger charge is -2.38. The standard InChI is InChI=1S/C21H28N2O3/c1-15-8-9-20(25-2)18(10-15)13-22-19-11-16(14-26-24)12-23-21(19)17-6-4-3-5-7-17/h3-10,16,19,21-24H,11-14H2,1-2H3. The first kappa shape index (κ1) is 18.9. The number of benzene rings is 2. The smallest absolute Gasteiger partial charge is 0.123 e. The van der Waals surface area contributed by atoms with Gasteiger partial charge in [0.1, 0.15) is 5.75 Å². The summed E-state index contributed by atoms with van der Waals surface area (Å²) in [5.74, 6) is 1.18. The Balaban J connectivity index is 1.75. The lowest BCUT2D eigenvalue weighted by molar-refractivity contribution is -0.252. The maximum atomic E-state index is 8.83. The zero-order valence-corrected chi connectivity index (χ0v) is 15.4. The summed E-state index contributed by atoms with van der Waals surface area (Å²) in [5, 5.41) is 16.1. The first-order chi connectivity index (χ1) is 12.7. The summed E-state index contributed by atoms with van der Waals surface area (Å²) in [6, 6.07) is 17.2. The lowest BCUT2D eigenvalue weighted by Crippen LogP contribution is -2.50. The minimum Gasteiger partial charge on any atom is -0.496 e. The number of nitrogens with one attached hydrogen (secondary N) is 2. The Bertz CT molecular complexity index is 693. The summed E-state index contributed by atoms with van der Waals surface area (Å²) in [5.41, 5.74) is 3.64. The quantitative estimate of drug-likeness (QED) is 0.525. The van der Waals surface area contributed by atoms with Crippen molar-refractivity contribution in [2.24, 2.45) is 5.92 Å². The van der Waals surface area contributed by atoms with Gasteiger partial charge in [-0.1, -0.05) is 48.0 Å². The van der Waals surface area contributed by atoms with Crippen LogP contribution < -0.4 is 15.4 Å². The summed E-state index contributed by atoms with van der Waals surface area (Å²) < 4.78 is 5.50. The second-order valence-corrected chi connectivity index (χ2v) is 7.00. The van der Waals surface area contributed by atoms with Crippen LogP contribution in [0, 0.1) is 12.8 Å². The molecule has 1 aliphatic rings. The SMILES string of the molecule is COc1ccc(C)cc1CNC1CC(COO)CNC1c1ccccc1. The minimum atomic E-state index is 0.224. The second-order valence-electron chi connectivity index (χ2n) is 7.00. The molecule has 3 N–H and O–H groups in total. The van der Waals surface area contributed by atoms with Crippen LogP contribution in [0.5, 0.6) is 5.75 Å². The summed E-state index contributed by atoms with van der Waals surface area (Å²) in [6.45, 7) is 3.99. The van der Waals surface area contributed by atoms with Crippen molar-refractivity contribution >= 4 is 0 Å². The zero-order chi connectivity index (χ0) is 18.4. The highest BCUT2D eigenvalue weighted by Gasteiger charge is 2.31. The molecule has 0 aliphatic carbocycles. The van der Waals surface area contributed by atoms with E-state index in [1.165, 1.54) is 11.1 Å². The van der Waals surface area contributed by atoms with Crippen LogP contribution in [-0.2, 0) is 11.4 Å². The lowest BCUT2D eigenvalue weighted by atomic mass is 9.86. The maximum Gasteiger partial charge on any atom is 0.123 e. The third-order valence-corrected chi connectivity index (χ3v) is 5.08. The molecule has 1 fully saturated rings. The van der Waals surface area contributed by atoms with Crippen LogP contribution in [0.3, 0.4) is 0 Å². The van der Waals surface area contributed by atoms with E-state index in [0.717, 1.165) is 30.8 Å². The molecule has 1 heterocycles. The van der Waals surface area contributed by atoms with Gasteiger partial charge in [-0.2, -0.15) is 0 Å². The number of rotatable bonds is 7. The third kappa shape index (κ3) is 4.62. The van der Waals surface area contributed by atoms with Gasteiger partial charge in [-0.05, 0) is 30.9 Å². The summed E-state index contributed by atoms with van der Waals surface area (Å²) >= 11 is 0. The van der Waals surface area contributed by atoms with Crippen LogP contribution in [0.4, 0.5) is 0 Å². The van der Waals surface area contributed by atoms with Crippen molar-refractivity contribution < 1.29 is 14.9 Å². The summed E-state index contributed by atoms with van der Waals surface area (Å²) in [7, 11) is 1.71. The fourth-order valence-electron chi connectivity index (χ4n) is 3.75. The van der Waals surface area contributed by atoms with Crippen LogP contribution in [0.2, 0.25) is 0 Å². The van der Waals surface area contributed by atoms with Crippen LogP contribution in [0.1, 0.15) is 29.2 Å². The van der Waals surface area contributed by atoms with Gasteiger partial charge in [0.05, 0.1) is 13.7 Å². The van der Waals surface area contributed by atoms with Crippen LogP contribution in [0.15, 0.2) is 48.5 Å². The Morgan fingerprint density at radius 3 is 2.73 bits per heavy atom. The normalized spacial score (nSPS) is 23.0. The van der Waals surface area contributed by atoms with Gasteiger partial charge in [-0.3, -0.25) is 5.26 Å². The van der Waals surface area contributed by atoms with Gasteiger partial charge in [0.2, 0.25) is 0 Å². The van der Waals surface area contributed by atoms with Crippen LogP contribution in [-0.4, -0.2) is 31.6 Å². The van der Waals surface area contributed by atoms with Crippen molar-refractivity contribution in [1.29, 1.82) is 0 Å². The van der Waals surface area contributed by atoms with E-state index in [9.17, 15) is 0 Å². The molecule has 0 radical (unpaired) electrons. The molecule has 5 heteroatoms. The second kappa shape index (κ2) is 9.14. The largest absolute Gasteiger partial charge is 0.496 e. The molecule has 5 nitrogen and oxygen atoms in total. The molecule has 3 unspecified atom stereocenters. The molecule has 3 rings (SSSR count). The Morgan fingerprint density at radius 2 is 2.00 bits per heavy atom. The molecule has 0 amide bonds. The molecule has 0 spiro atoms. The van der Waals surface area contributed by atoms with E-state index in [1.54, 1.807) is 7.11 Å². The monoisotopic (exact) mass is 356 g/mol. The molecular formula is C21H28N2O3. The van der Waals surface area contributed by atoms with Gasteiger partial charge in [-0.25, -0.2) is 4.89 Å². The van der Waals surface area contributed by atoms with Gasteiger partial charge in [0.25, 0.3) is 0 Å². The zero-order valence-electron chi connectivity index (χ0n) is 15.4. The first-order valence-corrected chi connectivity index (χ1v) is 9.13. The van der Waals surface area contributed by atoms with Crippen molar-refractivity contribution in [3.63, 3.8) is 0 Å². The molecule has 0 bridgehead atoms. The molecule has 2 aromatic carbocycles. The van der Waals surface area contributed by atoms with Crippen molar-refractivity contribution in [3.05, 3.63) is 65.2 Å². The van der Waals surface area contributed by atoms with E-state index in [1.807, 2.05) is 12.1 Å². The van der Waals surface area contributed by atoms with Crippen molar-refractivity contribution in [3.8, 4) is 5.75 Å². The number of hydrogen-bond acceptors (Lipinski definition) is 5. The van der Waals surface area contributed by atoms with E-state index in [2.05, 4.69) is 58.8 Å². The molecule has 1 aliphatic heterocycles.